The second kappa shape index (κ2) is 10.1. The van der Waals surface area contributed by atoms with Gasteiger partial charge in [-0.25, -0.2) is 4.79 Å². The molecule has 5 rings (SSSR count). The molecule has 2 aromatic rings. The first kappa shape index (κ1) is 23.4. The zero-order valence-corrected chi connectivity index (χ0v) is 19.4. The van der Waals surface area contributed by atoms with Crippen LogP contribution in [0.4, 0.5) is 4.79 Å². The van der Waals surface area contributed by atoms with E-state index >= 15 is 0 Å². The second-order valence-corrected chi connectivity index (χ2v) is 9.56. The van der Waals surface area contributed by atoms with Crippen molar-refractivity contribution in [3.8, 4) is 11.1 Å². The first-order valence-electron chi connectivity index (χ1n) is 12.3. The topological polar surface area (TPSA) is 114 Å². The molecule has 0 aromatic heterocycles. The normalized spacial score (nSPS) is 21.9. The molecule has 8 nitrogen and oxygen atoms in total. The van der Waals surface area contributed by atoms with Crippen molar-refractivity contribution >= 4 is 18.0 Å². The summed E-state index contributed by atoms with van der Waals surface area (Å²) >= 11 is 0. The number of hydrogen-bond donors (Lipinski definition) is 3. The zero-order chi connectivity index (χ0) is 24.4. The molecule has 0 bridgehead atoms. The van der Waals surface area contributed by atoms with Crippen molar-refractivity contribution in [1.29, 1.82) is 0 Å². The Morgan fingerprint density at radius 2 is 1.66 bits per heavy atom. The van der Waals surface area contributed by atoms with E-state index < -0.39 is 30.3 Å². The lowest BCUT2D eigenvalue weighted by Gasteiger charge is -2.34. The predicted molar refractivity (Wildman–Crippen MR) is 128 cm³/mol. The standard InChI is InChI=1S/C27H30N2O6/c30-24(31)14-23(16-6-5-7-16)28-26(32)25-22(12-13-34-25)29-27(33)35-15-21-19-10-3-1-8-17(19)18-9-2-4-11-20(18)21/h1-4,8-11,16,21-23,25H,5-7,12-15H2,(H,28,32)(H,29,33)(H,30,31)/t22-,23?,25+/m0/s1. The van der Waals surface area contributed by atoms with E-state index in [1.54, 1.807) is 0 Å². The average molecular weight is 479 g/mol. The minimum Gasteiger partial charge on any atom is -0.481 e. The highest BCUT2D eigenvalue weighted by Crippen LogP contribution is 2.44. The Hall–Kier alpha value is -3.39. The van der Waals surface area contributed by atoms with Crippen LogP contribution in [0.5, 0.6) is 0 Å². The van der Waals surface area contributed by atoms with Gasteiger partial charge in [-0.2, -0.15) is 0 Å². The smallest absolute Gasteiger partial charge is 0.407 e. The van der Waals surface area contributed by atoms with E-state index in [1.165, 1.54) is 0 Å². The Balaban J connectivity index is 1.18. The van der Waals surface area contributed by atoms with Crippen LogP contribution in [0.3, 0.4) is 0 Å². The number of carbonyl (C=O) groups is 3. The Bertz CT molecular complexity index is 1070. The van der Waals surface area contributed by atoms with Crippen LogP contribution in [0.2, 0.25) is 0 Å². The van der Waals surface area contributed by atoms with Crippen LogP contribution in [0.1, 0.15) is 49.1 Å². The molecule has 1 saturated heterocycles. The summed E-state index contributed by atoms with van der Waals surface area (Å²) in [6.07, 6.45) is 1.76. The lowest BCUT2D eigenvalue weighted by molar-refractivity contribution is -0.139. The van der Waals surface area contributed by atoms with Gasteiger partial charge in [0.1, 0.15) is 6.61 Å². The van der Waals surface area contributed by atoms with E-state index in [9.17, 15) is 19.5 Å². The molecule has 2 aromatic carbocycles. The molecule has 2 aliphatic carbocycles. The van der Waals surface area contributed by atoms with Gasteiger partial charge in [0.2, 0.25) is 0 Å². The number of rotatable bonds is 8. The maximum Gasteiger partial charge on any atom is 0.407 e. The molecule has 2 amide bonds. The summed E-state index contributed by atoms with van der Waals surface area (Å²) in [5.41, 5.74) is 4.56. The third-order valence-electron chi connectivity index (χ3n) is 7.44. The van der Waals surface area contributed by atoms with Crippen molar-refractivity contribution < 1.29 is 29.0 Å². The van der Waals surface area contributed by atoms with Crippen LogP contribution in [0.25, 0.3) is 11.1 Å². The number of carbonyl (C=O) groups excluding carboxylic acids is 2. The number of benzene rings is 2. The number of ether oxygens (including phenoxy) is 2. The van der Waals surface area contributed by atoms with Crippen LogP contribution in [0, 0.1) is 5.92 Å². The third kappa shape index (κ3) is 4.89. The maximum atomic E-state index is 12.9. The van der Waals surface area contributed by atoms with Crippen LogP contribution >= 0.6 is 0 Å². The summed E-state index contributed by atoms with van der Waals surface area (Å²) in [6, 6.07) is 15.3. The summed E-state index contributed by atoms with van der Waals surface area (Å²) in [6.45, 7) is 0.520. The summed E-state index contributed by atoms with van der Waals surface area (Å²) in [4.78, 5) is 36.8. The van der Waals surface area contributed by atoms with Crippen LogP contribution in [0.15, 0.2) is 48.5 Å². The quantitative estimate of drug-likeness (QED) is 0.536. The van der Waals surface area contributed by atoms with E-state index in [1.807, 2.05) is 24.3 Å². The van der Waals surface area contributed by atoms with Crippen LogP contribution in [-0.2, 0) is 19.1 Å². The highest BCUT2D eigenvalue weighted by atomic mass is 16.6. The molecule has 1 heterocycles. The molecular weight excluding hydrogens is 448 g/mol. The van der Waals surface area contributed by atoms with Gasteiger partial charge in [0, 0.05) is 18.6 Å². The number of alkyl carbamates (subject to hydrolysis) is 1. The molecule has 35 heavy (non-hydrogen) atoms. The monoisotopic (exact) mass is 478 g/mol. The fourth-order valence-electron chi connectivity index (χ4n) is 5.42. The van der Waals surface area contributed by atoms with E-state index in [4.69, 9.17) is 9.47 Å². The predicted octanol–water partition coefficient (Wildman–Crippen LogP) is 3.44. The number of nitrogens with one attached hydrogen (secondary N) is 2. The summed E-state index contributed by atoms with van der Waals surface area (Å²) in [5.74, 6) is -1.20. The van der Waals surface area contributed by atoms with Gasteiger partial charge < -0.3 is 25.2 Å². The number of carboxylic acids is 1. The average Bonchev–Trinajstić information content (AvgIpc) is 3.38. The highest BCUT2D eigenvalue weighted by Gasteiger charge is 2.39. The number of fused-ring (bicyclic) bond motifs is 3. The summed E-state index contributed by atoms with van der Waals surface area (Å²) < 4.78 is 11.2. The van der Waals surface area contributed by atoms with Gasteiger partial charge in [-0.3, -0.25) is 9.59 Å². The van der Waals surface area contributed by atoms with Crippen molar-refractivity contribution in [2.75, 3.05) is 13.2 Å². The molecule has 8 heteroatoms. The van der Waals surface area contributed by atoms with E-state index in [2.05, 4.69) is 34.9 Å². The van der Waals surface area contributed by atoms with Crippen molar-refractivity contribution in [1.82, 2.24) is 10.6 Å². The van der Waals surface area contributed by atoms with E-state index in [0.717, 1.165) is 41.5 Å². The molecule has 184 valence electrons. The largest absolute Gasteiger partial charge is 0.481 e. The van der Waals surface area contributed by atoms with Crippen LogP contribution < -0.4 is 10.6 Å². The molecular formula is C27H30N2O6. The van der Waals surface area contributed by atoms with Gasteiger partial charge in [0.05, 0.1) is 12.5 Å². The molecule has 3 atom stereocenters. The Labute approximate surface area is 204 Å². The van der Waals surface area contributed by atoms with Crippen molar-refractivity contribution in [2.45, 2.75) is 56.2 Å². The highest BCUT2D eigenvalue weighted by molar-refractivity contribution is 5.84. The number of aliphatic carboxylic acids is 1. The number of hydrogen-bond acceptors (Lipinski definition) is 5. The van der Waals surface area contributed by atoms with Gasteiger partial charge >= 0.3 is 12.1 Å². The van der Waals surface area contributed by atoms with Gasteiger partial charge in [-0.1, -0.05) is 55.0 Å². The first-order valence-corrected chi connectivity index (χ1v) is 12.3. The molecule has 1 saturated carbocycles. The Morgan fingerprint density at radius 3 is 2.26 bits per heavy atom. The zero-order valence-electron chi connectivity index (χ0n) is 19.4. The molecule has 0 spiro atoms. The van der Waals surface area contributed by atoms with Gasteiger partial charge in [0.15, 0.2) is 6.10 Å². The Morgan fingerprint density at radius 1 is 1.00 bits per heavy atom. The fourth-order valence-corrected chi connectivity index (χ4v) is 5.42. The van der Waals surface area contributed by atoms with Gasteiger partial charge in [-0.05, 0) is 47.4 Å². The maximum absolute atomic E-state index is 12.9. The van der Waals surface area contributed by atoms with E-state index in [-0.39, 0.29) is 30.8 Å². The molecule has 3 aliphatic rings. The van der Waals surface area contributed by atoms with Gasteiger partial charge in [-0.15, -0.1) is 0 Å². The summed E-state index contributed by atoms with van der Waals surface area (Å²) in [7, 11) is 0. The fraction of sp³-hybridized carbons (Fsp3) is 0.444. The SMILES string of the molecule is O=C(O)CC(NC(=O)[C@@H]1OCC[C@@H]1NC(=O)OCC1c2ccccc2-c2ccccc21)C1CCC1. The van der Waals surface area contributed by atoms with Crippen molar-refractivity contribution in [3.05, 3.63) is 59.7 Å². The van der Waals surface area contributed by atoms with Crippen molar-refractivity contribution in [2.24, 2.45) is 5.92 Å². The molecule has 3 N–H and O–H groups in total. The third-order valence-corrected chi connectivity index (χ3v) is 7.44. The lowest BCUT2D eigenvalue weighted by atomic mass is 9.78. The van der Waals surface area contributed by atoms with Crippen molar-refractivity contribution in [3.63, 3.8) is 0 Å². The second-order valence-electron chi connectivity index (χ2n) is 9.56. The number of carboxylic acid groups (broad SMARTS) is 1. The minimum atomic E-state index is -0.942. The van der Waals surface area contributed by atoms with Crippen LogP contribution in [-0.4, -0.2) is 54.5 Å². The lowest BCUT2D eigenvalue weighted by Crippen LogP contribution is -2.53. The summed E-state index contributed by atoms with van der Waals surface area (Å²) in [5, 5.41) is 14.9. The molecule has 2 fully saturated rings. The van der Waals surface area contributed by atoms with E-state index in [0.29, 0.717) is 13.0 Å². The van der Waals surface area contributed by atoms with Gasteiger partial charge in [0.25, 0.3) is 5.91 Å². The first-order chi connectivity index (χ1) is 17.0. The number of amides is 2. The molecule has 1 unspecified atom stereocenters. The molecule has 1 aliphatic heterocycles. The Kier molecular flexibility index (Phi) is 6.72. The minimum absolute atomic E-state index is 0.0497. The molecule has 0 radical (unpaired) electrons.